The number of alkyl halides is 3. The van der Waals surface area contributed by atoms with Gasteiger partial charge in [0.2, 0.25) is 5.88 Å². The number of fused-ring (bicyclic) bond motifs is 1. The Morgan fingerprint density at radius 2 is 1.61 bits per heavy atom. The molecule has 0 aliphatic heterocycles. The van der Waals surface area contributed by atoms with Crippen LogP contribution >= 0.6 is 11.6 Å². The summed E-state index contributed by atoms with van der Waals surface area (Å²) in [4.78, 5) is 12.4. The average molecular weight is 402 g/mol. The van der Waals surface area contributed by atoms with Crippen molar-refractivity contribution in [3.8, 4) is 22.9 Å². The average Bonchev–Trinajstić information content (AvgIpc) is 2.67. The molecule has 0 fully saturated rings. The van der Waals surface area contributed by atoms with Crippen molar-refractivity contribution in [2.45, 2.75) is 6.18 Å². The number of rotatable bonds is 3. The highest BCUT2D eigenvalue weighted by molar-refractivity contribution is 6.29. The number of nitrogens with zero attached hydrogens (tertiary/aromatic N) is 3. The Balaban J connectivity index is 1.60. The zero-order chi connectivity index (χ0) is 19.7. The molecule has 0 bridgehead atoms. The minimum Gasteiger partial charge on any atom is -0.439 e. The normalized spacial score (nSPS) is 11.6. The van der Waals surface area contributed by atoms with Crippen LogP contribution in [0.3, 0.4) is 0 Å². The molecule has 0 radical (unpaired) electrons. The molecule has 140 valence electrons. The van der Waals surface area contributed by atoms with Gasteiger partial charge in [0.25, 0.3) is 0 Å². The van der Waals surface area contributed by atoms with E-state index in [1.165, 1.54) is 18.5 Å². The van der Waals surface area contributed by atoms with Crippen molar-refractivity contribution in [1.29, 1.82) is 0 Å². The minimum absolute atomic E-state index is 0.256. The van der Waals surface area contributed by atoms with Crippen LogP contribution in [0.2, 0.25) is 5.15 Å². The summed E-state index contributed by atoms with van der Waals surface area (Å²) in [5, 5.41) is 1.28. The molecule has 28 heavy (non-hydrogen) atoms. The number of hydrogen-bond donors (Lipinski definition) is 0. The van der Waals surface area contributed by atoms with Gasteiger partial charge in [-0.1, -0.05) is 23.7 Å². The van der Waals surface area contributed by atoms with Crippen LogP contribution in [0, 0.1) is 0 Å². The minimum atomic E-state index is -4.38. The summed E-state index contributed by atoms with van der Waals surface area (Å²) in [6.07, 6.45) is -3.09. The lowest BCUT2D eigenvalue weighted by Crippen LogP contribution is -2.04. The first-order chi connectivity index (χ1) is 13.4. The first-order valence-electron chi connectivity index (χ1n) is 8.12. The third-order valence-electron chi connectivity index (χ3n) is 4.00. The summed E-state index contributed by atoms with van der Waals surface area (Å²) in [6, 6.07) is 15.2. The van der Waals surface area contributed by atoms with E-state index in [9.17, 15) is 13.2 Å². The predicted octanol–water partition coefficient (Wildman–Crippen LogP) is 6.16. The maximum absolute atomic E-state index is 12.7. The molecule has 0 saturated heterocycles. The summed E-state index contributed by atoms with van der Waals surface area (Å²) < 4.78 is 43.9. The van der Waals surface area contributed by atoms with Crippen LogP contribution in [0.25, 0.3) is 22.2 Å². The van der Waals surface area contributed by atoms with Gasteiger partial charge in [-0.3, -0.25) is 0 Å². The molecule has 0 aliphatic rings. The quantitative estimate of drug-likeness (QED) is 0.386. The SMILES string of the molecule is FC(F)(F)c1ccc(-c2cc(Oc3ccc4ccc(Cl)nc4c3)ncn2)cc1. The van der Waals surface area contributed by atoms with Gasteiger partial charge in [0.1, 0.15) is 17.2 Å². The molecule has 4 rings (SSSR count). The lowest BCUT2D eigenvalue weighted by atomic mass is 10.1. The Morgan fingerprint density at radius 3 is 2.36 bits per heavy atom. The molecular formula is C20H11ClF3N3O. The van der Waals surface area contributed by atoms with Gasteiger partial charge in [-0.05, 0) is 36.4 Å². The topological polar surface area (TPSA) is 47.9 Å². The fraction of sp³-hybridized carbons (Fsp3) is 0.0500. The van der Waals surface area contributed by atoms with E-state index in [1.807, 2.05) is 12.1 Å². The number of pyridine rings is 1. The standard InChI is InChI=1S/C20H11ClF3N3O/c21-18-8-4-13-3-7-15(9-17(13)27-18)28-19-10-16(25-11-26-19)12-1-5-14(6-2-12)20(22,23)24/h1-11H. The van der Waals surface area contributed by atoms with Crippen LogP contribution in [0.1, 0.15) is 5.56 Å². The van der Waals surface area contributed by atoms with Crippen LogP contribution in [0.4, 0.5) is 13.2 Å². The van der Waals surface area contributed by atoms with Crippen molar-refractivity contribution < 1.29 is 17.9 Å². The van der Waals surface area contributed by atoms with Crippen LogP contribution in [0.15, 0.2) is 67.0 Å². The molecule has 2 heterocycles. The van der Waals surface area contributed by atoms with Gasteiger partial charge in [0, 0.05) is 23.1 Å². The van der Waals surface area contributed by atoms with Crippen molar-refractivity contribution in [2.24, 2.45) is 0 Å². The lowest BCUT2D eigenvalue weighted by Gasteiger charge is -2.09. The number of ether oxygens (including phenoxy) is 1. The van der Waals surface area contributed by atoms with Gasteiger partial charge < -0.3 is 4.74 Å². The second-order valence-corrected chi connectivity index (χ2v) is 6.29. The first-order valence-corrected chi connectivity index (χ1v) is 8.50. The summed E-state index contributed by atoms with van der Waals surface area (Å²) in [6.45, 7) is 0. The van der Waals surface area contributed by atoms with Gasteiger partial charge in [-0.15, -0.1) is 0 Å². The highest BCUT2D eigenvalue weighted by Gasteiger charge is 2.30. The van der Waals surface area contributed by atoms with E-state index < -0.39 is 11.7 Å². The Kier molecular flexibility index (Phi) is 4.60. The van der Waals surface area contributed by atoms with Gasteiger partial charge in [0.15, 0.2) is 0 Å². The van der Waals surface area contributed by atoms with Gasteiger partial charge in [-0.25, -0.2) is 15.0 Å². The Morgan fingerprint density at radius 1 is 0.857 bits per heavy atom. The highest BCUT2D eigenvalue weighted by Crippen LogP contribution is 2.31. The molecule has 0 saturated carbocycles. The van der Waals surface area contributed by atoms with Gasteiger partial charge in [-0.2, -0.15) is 13.2 Å². The fourth-order valence-electron chi connectivity index (χ4n) is 2.64. The van der Waals surface area contributed by atoms with Crippen molar-refractivity contribution in [1.82, 2.24) is 15.0 Å². The summed E-state index contributed by atoms with van der Waals surface area (Å²) in [5.74, 6) is 0.755. The second-order valence-electron chi connectivity index (χ2n) is 5.91. The van der Waals surface area contributed by atoms with Gasteiger partial charge in [0.05, 0.1) is 16.8 Å². The third-order valence-corrected chi connectivity index (χ3v) is 4.21. The number of aromatic nitrogens is 3. The zero-order valence-electron chi connectivity index (χ0n) is 14.1. The molecule has 2 aromatic heterocycles. The molecule has 4 nitrogen and oxygen atoms in total. The molecule has 0 unspecified atom stereocenters. The number of hydrogen-bond acceptors (Lipinski definition) is 4. The molecule has 0 spiro atoms. The van der Waals surface area contributed by atoms with Crippen molar-refractivity contribution >= 4 is 22.5 Å². The van der Waals surface area contributed by atoms with E-state index in [-0.39, 0.29) is 5.88 Å². The molecule has 0 N–H and O–H groups in total. The summed E-state index contributed by atoms with van der Waals surface area (Å²) >= 11 is 5.92. The molecule has 0 aliphatic carbocycles. The number of benzene rings is 2. The van der Waals surface area contributed by atoms with Crippen LogP contribution in [-0.4, -0.2) is 15.0 Å². The molecular weight excluding hydrogens is 391 g/mol. The molecule has 8 heteroatoms. The molecule has 2 aromatic carbocycles. The largest absolute Gasteiger partial charge is 0.439 e. The van der Waals surface area contributed by atoms with E-state index in [1.54, 1.807) is 24.3 Å². The smallest absolute Gasteiger partial charge is 0.416 e. The maximum atomic E-state index is 12.7. The van der Waals surface area contributed by atoms with Crippen LogP contribution < -0.4 is 4.74 Å². The molecule has 4 aromatic rings. The molecule has 0 amide bonds. The van der Waals surface area contributed by atoms with Crippen LogP contribution in [-0.2, 0) is 6.18 Å². The molecule has 0 atom stereocenters. The Bertz CT molecular complexity index is 1150. The van der Waals surface area contributed by atoms with E-state index in [2.05, 4.69) is 15.0 Å². The predicted molar refractivity (Wildman–Crippen MR) is 99.3 cm³/mol. The Hall–Kier alpha value is -3.19. The fourth-order valence-corrected chi connectivity index (χ4v) is 2.79. The number of halogens is 4. The summed E-state index contributed by atoms with van der Waals surface area (Å²) in [5.41, 5.74) is 0.916. The highest BCUT2D eigenvalue weighted by atomic mass is 35.5. The van der Waals surface area contributed by atoms with Crippen molar-refractivity contribution in [3.63, 3.8) is 0 Å². The maximum Gasteiger partial charge on any atom is 0.416 e. The Labute approximate surface area is 162 Å². The second kappa shape index (κ2) is 7.09. The van der Waals surface area contributed by atoms with E-state index >= 15 is 0 Å². The van der Waals surface area contributed by atoms with E-state index in [0.29, 0.717) is 27.7 Å². The van der Waals surface area contributed by atoms with E-state index in [4.69, 9.17) is 16.3 Å². The first kappa shape index (κ1) is 18.2. The zero-order valence-corrected chi connectivity index (χ0v) is 14.9. The lowest BCUT2D eigenvalue weighted by molar-refractivity contribution is -0.137. The van der Waals surface area contributed by atoms with Crippen molar-refractivity contribution in [2.75, 3.05) is 0 Å². The van der Waals surface area contributed by atoms with Crippen molar-refractivity contribution in [3.05, 3.63) is 77.7 Å². The van der Waals surface area contributed by atoms with E-state index in [0.717, 1.165) is 17.5 Å². The van der Waals surface area contributed by atoms with Crippen LogP contribution in [0.5, 0.6) is 11.6 Å². The third kappa shape index (κ3) is 3.89. The monoisotopic (exact) mass is 401 g/mol. The van der Waals surface area contributed by atoms with Gasteiger partial charge >= 0.3 is 6.18 Å². The summed E-state index contributed by atoms with van der Waals surface area (Å²) in [7, 11) is 0.